The lowest BCUT2D eigenvalue weighted by Crippen LogP contribution is -2.24. The lowest BCUT2D eigenvalue weighted by Gasteiger charge is -2.09. The van der Waals surface area contributed by atoms with E-state index < -0.39 is 0 Å². The average Bonchev–Trinajstić information content (AvgIpc) is 3.35. The van der Waals surface area contributed by atoms with Gasteiger partial charge < -0.3 is 4.57 Å². The zero-order valence-corrected chi connectivity index (χ0v) is 16.1. The van der Waals surface area contributed by atoms with Crippen molar-refractivity contribution in [2.75, 3.05) is 0 Å². The maximum absolute atomic E-state index is 12.8. The Labute approximate surface area is 158 Å². The third-order valence-corrected chi connectivity index (χ3v) is 6.27. The Morgan fingerprint density at radius 3 is 2.81 bits per heavy atom. The molecule has 0 spiro atoms. The van der Waals surface area contributed by atoms with Crippen molar-refractivity contribution in [3.05, 3.63) is 73.5 Å². The Kier molecular flexibility index (Phi) is 4.34. The molecule has 0 aromatic carbocycles. The number of carbonyl (C=O) groups is 1. The Hall–Kier alpha value is -2.51. The van der Waals surface area contributed by atoms with Crippen molar-refractivity contribution >= 4 is 38.7 Å². The second-order valence-electron chi connectivity index (χ2n) is 6.19. The second kappa shape index (κ2) is 6.66. The fourth-order valence-corrected chi connectivity index (χ4v) is 4.60. The van der Waals surface area contributed by atoms with E-state index in [4.69, 9.17) is 0 Å². The molecular formula is C19H17N3O2S2. The number of thiophene rings is 2. The van der Waals surface area contributed by atoms with Crippen LogP contribution in [0, 0.1) is 13.8 Å². The second-order valence-corrected chi connectivity index (χ2v) is 8.13. The number of aromatic nitrogens is 3. The summed E-state index contributed by atoms with van der Waals surface area (Å²) < 4.78 is 4.12. The normalized spacial score (nSPS) is 11.3. The van der Waals surface area contributed by atoms with E-state index >= 15 is 0 Å². The number of Topliss-reactive ketones (excluding diaryl/α,β-unsaturated/α-hetero) is 1. The van der Waals surface area contributed by atoms with Gasteiger partial charge in [-0.25, -0.2) is 4.98 Å². The molecule has 0 aliphatic heterocycles. The first-order valence-electron chi connectivity index (χ1n) is 8.19. The lowest BCUT2D eigenvalue weighted by molar-refractivity contribution is 0.0970. The Bertz CT molecular complexity index is 1150. The highest BCUT2D eigenvalue weighted by Gasteiger charge is 2.17. The summed E-state index contributed by atoms with van der Waals surface area (Å²) in [5.74, 6) is -0.0738. The molecular weight excluding hydrogens is 366 g/mol. The summed E-state index contributed by atoms with van der Waals surface area (Å²) in [5.41, 5.74) is 3.15. The molecule has 5 nitrogen and oxygen atoms in total. The van der Waals surface area contributed by atoms with Gasteiger partial charge in [0.1, 0.15) is 4.70 Å². The van der Waals surface area contributed by atoms with E-state index in [-0.39, 0.29) is 17.9 Å². The van der Waals surface area contributed by atoms with Crippen molar-refractivity contribution in [2.45, 2.75) is 26.9 Å². The summed E-state index contributed by atoms with van der Waals surface area (Å²) in [4.78, 5) is 30.8. The van der Waals surface area contributed by atoms with Crippen molar-refractivity contribution < 1.29 is 4.79 Å². The van der Waals surface area contributed by atoms with Crippen LogP contribution in [-0.2, 0) is 13.1 Å². The van der Waals surface area contributed by atoms with Crippen LogP contribution in [0.1, 0.15) is 26.6 Å². The van der Waals surface area contributed by atoms with Gasteiger partial charge in [-0.05, 0) is 42.8 Å². The first-order valence-corrected chi connectivity index (χ1v) is 9.95. The Morgan fingerprint density at radius 2 is 2.04 bits per heavy atom. The van der Waals surface area contributed by atoms with Gasteiger partial charge in [0.25, 0.3) is 5.56 Å². The van der Waals surface area contributed by atoms with E-state index in [0.29, 0.717) is 15.8 Å². The number of hydrogen-bond donors (Lipinski definition) is 0. The smallest absolute Gasteiger partial charge is 0.271 e. The van der Waals surface area contributed by atoms with Crippen molar-refractivity contribution in [1.29, 1.82) is 0 Å². The van der Waals surface area contributed by atoms with Crippen LogP contribution in [0.5, 0.6) is 0 Å². The zero-order chi connectivity index (χ0) is 18.3. The van der Waals surface area contributed by atoms with E-state index in [2.05, 4.69) is 21.0 Å². The first kappa shape index (κ1) is 16.9. The summed E-state index contributed by atoms with van der Waals surface area (Å²) in [6, 6.07) is 7.84. The summed E-state index contributed by atoms with van der Waals surface area (Å²) in [5, 5.41) is 3.89. The lowest BCUT2D eigenvalue weighted by atomic mass is 10.1. The van der Waals surface area contributed by atoms with Gasteiger partial charge in [-0.3, -0.25) is 14.2 Å². The highest BCUT2D eigenvalue weighted by atomic mass is 32.1. The van der Waals surface area contributed by atoms with Gasteiger partial charge in [-0.15, -0.1) is 22.7 Å². The molecule has 132 valence electrons. The van der Waals surface area contributed by atoms with Gasteiger partial charge in [-0.1, -0.05) is 6.07 Å². The molecule has 0 saturated carbocycles. The summed E-state index contributed by atoms with van der Waals surface area (Å²) in [6.07, 6.45) is 1.46. The molecule has 4 heterocycles. The molecule has 4 aromatic heterocycles. The molecule has 0 saturated heterocycles. The maximum atomic E-state index is 12.8. The van der Waals surface area contributed by atoms with Crippen LogP contribution in [0.15, 0.2) is 46.1 Å². The molecule has 0 aliphatic rings. The number of aryl methyl sites for hydroxylation is 1. The molecule has 0 fully saturated rings. The molecule has 4 aromatic rings. The molecule has 0 unspecified atom stereocenters. The van der Waals surface area contributed by atoms with E-state index in [1.165, 1.54) is 27.1 Å². The monoisotopic (exact) mass is 383 g/mol. The Balaban J connectivity index is 1.64. The van der Waals surface area contributed by atoms with Crippen LogP contribution >= 0.6 is 22.7 Å². The standard InChI is InChI=1S/C19H17N3O2S2/c1-12-8-15(13(2)22(12)9-14-4-3-6-25-14)17(23)10-21-11-20-16-5-7-26-18(16)19(21)24/h3-8,11H,9-10H2,1-2H3. The number of nitrogens with zero attached hydrogens (tertiary/aromatic N) is 3. The van der Waals surface area contributed by atoms with Gasteiger partial charge in [-0.2, -0.15) is 0 Å². The first-order chi connectivity index (χ1) is 12.5. The third kappa shape index (κ3) is 2.93. The average molecular weight is 383 g/mol. The maximum Gasteiger partial charge on any atom is 0.271 e. The minimum absolute atomic E-state index is 0.00295. The van der Waals surface area contributed by atoms with Gasteiger partial charge >= 0.3 is 0 Å². The summed E-state index contributed by atoms with van der Waals surface area (Å²) in [6.45, 7) is 4.72. The van der Waals surface area contributed by atoms with E-state index in [1.54, 1.807) is 11.3 Å². The third-order valence-electron chi connectivity index (χ3n) is 4.52. The number of fused-ring (bicyclic) bond motifs is 1. The van der Waals surface area contributed by atoms with Gasteiger partial charge in [0.2, 0.25) is 0 Å². The molecule has 7 heteroatoms. The minimum Gasteiger partial charge on any atom is -0.343 e. The SMILES string of the molecule is Cc1cc(C(=O)Cn2cnc3ccsc3c2=O)c(C)n1Cc1cccs1. The molecule has 4 rings (SSSR count). The van der Waals surface area contributed by atoms with Crippen molar-refractivity contribution in [3.63, 3.8) is 0 Å². The molecule has 0 N–H and O–H groups in total. The summed E-state index contributed by atoms with van der Waals surface area (Å²) in [7, 11) is 0. The fraction of sp³-hybridized carbons (Fsp3) is 0.211. The molecule has 0 radical (unpaired) electrons. The van der Waals surface area contributed by atoms with E-state index in [9.17, 15) is 9.59 Å². The minimum atomic E-state index is -0.161. The topological polar surface area (TPSA) is 56.9 Å². The van der Waals surface area contributed by atoms with Crippen LogP contribution < -0.4 is 5.56 Å². The molecule has 26 heavy (non-hydrogen) atoms. The van der Waals surface area contributed by atoms with Crippen molar-refractivity contribution in [2.24, 2.45) is 0 Å². The molecule has 0 bridgehead atoms. The largest absolute Gasteiger partial charge is 0.343 e. The van der Waals surface area contributed by atoms with Crippen LogP contribution in [0.2, 0.25) is 0 Å². The number of hydrogen-bond acceptors (Lipinski definition) is 5. The molecule has 0 aliphatic carbocycles. The quantitative estimate of drug-likeness (QED) is 0.492. The van der Waals surface area contributed by atoms with Gasteiger partial charge in [0.15, 0.2) is 5.78 Å². The predicted octanol–water partition coefficient (Wildman–Crippen LogP) is 3.87. The fourth-order valence-electron chi connectivity index (χ4n) is 3.12. The highest BCUT2D eigenvalue weighted by molar-refractivity contribution is 7.17. The van der Waals surface area contributed by atoms with E-state index in [0.717, 1.165) is 17.9 Å². The van der Waals surface area contributed by atoms with Gasteiger partial charge in [0, 0.05) is 21.8 Å². The van der Waals surface area contributed by atoms with Crippen LogP contribution in [0.25, 0.3) is 10.2 Å². The zero-order valence-electron chi connectivity index (χ0n) is 14.4. The predicted molar refractivity (Wildman–Crippen MR) is 106 cm³/mol. The van der Waals surface area contributed by atoms with Crippen LogP contribution in [0.3, 0.4) is 0 Å². The van der Waals surface area contributed by atoms with E-state index in [1.807, 2.05) is 37.4 Å². The van der Waals surface area contributed by atoms with Crippen LogP contribution in [-0.4, -0.2) is 19.9 Å². The highest BCUT2D eigenvalue weighted by Crippen LogP contribution is 2.20. The Morgan fingerprint density at radius 1 is 1.19 bits per heavy atom. The number of ketones is 1. The van der Waals surface area contributed by atoms with Crippen molar-refractivity contribution in [1.82, 2.24) is 14.1 Å². The van der Waals surface area contributed by atoms with Crippen molar-refractivity contribution in [3.8, 4) is 0 Å². The number of carbonyl (C=O) groups excluding carboxylic acids is 1. The molecule has 0 amide bonds. The number of rotatable bonds is 5. The van der Waals surface area contributed by atoms with Gasteiger partial charge in [0.05, 0.1) is 24.9 Å². The molecule has 0 atom stereocenters. The van der Waals surface area contributed by atoms with Crippen LogP contribution in [0.4, 0.5) is 0 Å². The summed E-state index contributed by atoms with van der Waals surface area (Å²) >= 11 is 3.05.